The first-order chi connectivity index (χ1) is 16.1. The lowest BCUT2D eigenvalue weighted by Gasteiger charge is -2.18. The molecule has 3 aromatic carbocycles. The van der Waals surface area contributed by atoms with Crippen LogP contribution in [0.3, 0.4) is 0 Å². The van der Waals surface area contributed by atoms with E-state index in [9.17, 15) is 9.59 Å². The van der Waals surface area contributed by atoms with E-state index in [2.05, 4.69) is 5.32 Å². The van der Waals surface area contributed by atoms with Crippen molar-refractivity contribution in [3.63, 3.8) is 0 Å². The molecule has 33 heavy (non-hydrogen) atoms. The fraction of sp³-hybridized carbons (Fsp3) is 0.259. The van der Waals surface area contributed by atoms with Gasteiger partial charge in [0.2, 0.25) is 5.91 Å². The zero-order valence-corrected chi connectivity index (χ0v) is 18.7. The van der Waals surface area contributed by atoms with Gasteiger partial charge in [-0.2, -0.15) is 0 Å². The van der Waals surface area contributed by atoms with E-state index in [1.54, 1.807) is 0 Å². The molecule has 1 amide bonds. The summed E-state index contributed by atoms with van der Waals surface area (Å²) in [7, 11) is 0. The molecule has 0 aliphatic carbocycles. The number of amides is 1. The zero-order valence-electron chi connectivity index (χ0n) is 18.7. The predicted molar refractivity (Wildman–Crippen MR) is 126 cm³/mol. The molecule has 0 aromatic heterocycles. The third-order valence-electron chi connectivity index (χ3n) is 4.84. The topological polar surface area (TPSA) is 73.9 Å². The van der Waals surface area contributed by atoms with Crippen molar-refractivity contribution in [1.29, 1.82) is 0 Å². The first-order valence-electron chi connectivity index (χ1n) is 11.0. The van der Waals surface area contributed by atoms with Gasteiger partial charge in [0, 0.05) is 13.0 Å². The van der Waals surface area contributed by atoms with Crippen molar-refractivity contribution < 1.29 is 23.8 Å². The maximum absolute atomic E-state index is 13.0. The van der Waals surface area contributed by atoms with Crippen molar-refractivity contribution in [2.45, 2.75) is 26.0 Å². The average molecular weight is 448 g/mol. The van der Waals surface area contributed by atoms with Gasteiger partial charge in [-0.05, 0) is 42.3 Å². The number of Topliss-reactive ketones (excluding diaryl/α,β-unsaturated/α-hetero) is 1. The molecule has 172 valence electrons. The molecule has 1 N–H and O–H groups in total. The molecule has 0 aliphatic heterocycles. The Labute approximate surface area is 194 Å². The lowest BCUT2D eigenvalue weighted by atomic mass is 10.0. The summed E-state index contributed by atoms with van der Waals surface area (Å²) in [6.07, 6.45) is 0.167. The van der Waals surface area contributed by atoms with E-state index in [1.807, 2.05) is 91.9 Å². The molecule has 0 saturated carbocycles. The molecule has 3 aromatic rings. The van der Waals surface area contributed by atoms with Crippen LogP contribution in [0.5, 0.6) is 11.5 Å². The molecule has 6 nitrogen and oxygen atoms in total. The summed E-state index contributed by atoms with van der Waals surface area (Å²) < 4.78 is 16.7. The van der Waals surface area contributed by atoms with Crippen LogP contribution in [0.2, 0.25) is 0 Å². The van der Waals surface area contributed by atoms with E-state index in [4.69, 9.17) is 14.2 Å². The third-order valence-corrected chi connectivity index (χ3v) is 4.84. The highest BCUT2D eigenvalue weighted by atomic mass is 16.5. The van der Waals surface area contributed by atoms with Crippen molar-refractivity contribution in [3.05, 3.63) is 96.1 Å². The number of benzene rings is 3. The van der Waals surface area contributed by atoms with Gasteiger partial charge < -0.3 is 19.5 Å². The molecule has 0 bridgehead atoms. The standard InChI is InChI=1S/C27H29NO5/c1-2-31-20-27(30)28-25(19-32-18-22-9-5-3-6-10-22)26(29)17-21-13-15-24(16-14-21)33-23-11-7-4-8-12-23/h3-16,25H,2,17-20H2,1H3,(H,28,30). The first kappa shape index (κ1) is 24.2. The number of ketones is 1. The van der Waals surface area contributed by atoms with Gasteiger partial charge in [-0.3, -0.25) is 9.59 Å². The predicted octanol–water partition coefficient (Wildman–Crippen LogP) is 4.33. The minimum Gasteiger partial charge on any atom is -0.457 e. The van der Waals surface area contributed by atoms with Crippen molar-refractivity contribution in [1.82, 2.24) is 5.32 Å². The van der Waals surface area contributed by atoms with E-state index >= 15 is 0 Å². The number of carbonyl (C=O) groups excluding carboxylic acids is 2. The zero-order chi connectivity index (χ0) is 23.3. The Kier molecular flexibility index (Phi) is 9.63. The number of ether oxygens (including phenoxy) is 3. The van der Waals surface area contributed by atoms with E-state index in [0.717, 1.165) is 16.9 Å². The normalized spacial score (nSPS) is 11.5. The summed E-state index contributed by atoms with van der Waals surface area (Å²) in [5.74, 6) is 0.953. The molecule has 6 heteroatoms. The van der Waals surface area contributed by atoms with Gasteiger partial charge in [0.1, 0.15) is 24.1 Å². The van der Waals surface area contributed by atoms with Crippen LogP contribution in [0.15, 0.2) is 84.9 Å². The van der Waals surface area contributed by atoms with Gasteiger partial charge in [0.25, 0.3) is 0 Å². The van der Waals surface area contributed by atoms with Crippen LogP contribution >= 0.6 is 0 Å². The van der Waals surface area contributed by atoms with E-state index in [-0.39, 0.29) is 31.3 Å². The molecule has 0 spiro atoms. The van der Waals surface area contributed by atoms with Gasteiger partial charge in [0.15, 0.2) is 5.78 Å². The molecule has 3 rings (SSSR count). The Morgan fingerprint density at radius 1 is 0.788 bits per heavy atom. The minimum atomic E-state index is -0.762. The Bertz CT molecular complexity index is 990. The summed E-state index contributed by atoms with van der Waals surface area (Å²) >= 11 is 0. The Morgan fingerprint density at radius 3 is 2.09 bits per heavy atom. The second-order valence-electron chi connectivity index (χ2n) is 7.46. The van der Waals surface area contributed by atoms with Crippen LogP contribution in [0.25, 0.3) is 0 Å². The van der Waals surface area contributed by atoms with Crippen LogP contribution in [-0.4, -0.2) is 37.6 Å². The van der Waals surface area contributed by atoms with Crippen molar-refractivity contribution in [2.75, 3.05) is 19.8 Å². The number of para-hydroxylation sites is 1. The number of hydrogen-bond acceptors (Lipinski definition) is 5. The van der Waals surface area contributed by atoms with Crippen LogP contribution < -0.4 is 10.1 Å². The van der Waals surface area contributed by atoms with Crippen LogP contribution in [0.4, 0.5) is 0 Å². The molecule has 0 saturated heterocycles. The molecule has 0 aliphatic rings. The average Bonchev–Trinajstić information content (AvgIpc) is 2.84. The van der Waals surface area contributed by atoms with E-state index in [0.29, 0.717) is 19.0 Å². The summed E-state index contributed by atoms with van der Waals surface area (Å²) in [4.78, 5) is 25.1. The number of nitrogens with one attached hydrogen (secondary N) is 1. The van der Waals surface area contributed by atoms with Crippen LogP contribution in [-0.2, 0) is 32.1 Å². The van der Waals surface area contributed by atoms with Crippen LogP contribution in [0.1, 0.15) is 18.1 Å². The smallest absolute Gasteiger partial charge is 0.246 e. The largest absolute Gasteiger partial charge is 0.457 e. The summed E-state index contributed by atoms with van der Waals surface area (Å²) in [5.41, 5.74) is 1.82. The number of hydrogen-bond donors (Lipinski definition) is 1. The van der Waals surface area contributed by atoms with Gasteiger partial charge in [-0.15, -0.1) is 0 Å². The summed E-state index contributed by atoms with van der Waals surface area (Å²) in [5, 5.41) is 2.74. The second-order valence-corrected chi connectivity index (χ2v) is 7.46. The summed E-state index contributed by atoms with van der Waals surface area (Å²) in [6, 6.07) is 25.8. The fourth-order valence-electron chi connectivity index (χ4n) is 3.14. The molecule has 1 atom stereocenters. The highest BCUT2D eigenvalue weighted by molar-refractivity contribution is 5.90. The molecular formula is C27H29NO5. The quantitative estimate of drug-likeness (QED) is 0.422. The van der Waals surface area contributed by atoms with Crippen molar-refractivity contribution in [3.8, 4) is 11.5 Å². The monoisotopic (exact) mass is 447 g/mol. The van der Waals surface area contributed by atoms with Crippen molar-refractivity contribution >= 4 is 11.7 Å². The Balaban J connectivity index is 1.58. The second kappa shape index (κ2) is 13.2. The molecule has 0 fully saturated rings. The Hall–Kier alpha value is -3.48. The van der Waals surface area contributed by atoms with E-state index in [1.165, 1.54) is 0 Å². The highest BCUT2D eigenvalue weighted by Crippen LogP contribution is 2.21. The SMILES string of the molecule is CCOCC(=O)NC(COCc1ccccc1)C(=O)Cc1ccc(Oc2ccccc2)cc1. The van der Waals surface area contributed by atoms with E-state index < -0.39 is 6.04 Å². The van der Waals surface area contributed by atoms with Crippen LogP contribution in [0, 0.1) is 0 Å². The Morgan fingerprint density at radius 2 is 1.42 bits per heavy atom. The first-order valence-corrected chi connectivity index (χ1v) is 11.0. The maximum Gasteiger partial charge on any atom is 0.246 e. The number of carbonyl (C=O) groups is 2. The molecule has 1 unspecified atom stereocenters. The number of rotatable bonds is 13. The lowest BCUT2D eigenvalue weighted by molar-refractivity contribution is -0.131. The molecule has 0 radical (unpaired) electrons. The fourth-order valence-corrected chi connectivity index (χ4v) is 3.14. The van der Waals surface area contributed by atoms with Gasteiger partial charge in [0.05, 0.1) is 13.2 Å². The van der Waals surface area contributed by atoms with Gasteiger partial charge >= 0.3 is 0 Å². The van der Waals surface area contributed by atoms with Crippen molar-refractivity contribution in [2.24, 2.45) is 0 Å². The highest BCUT2D eigenvalue weighted by Gasteiger charge is 2.21. The van der Waals surface area contributed by atoms with Gasteiger partial charge in [-0.25, -0.2) is 0 Å². The summed E-state index contributed by atoms with van der Waals surface area (Å²) in [6.45, 7) is 2.58. The maximum atomic E-state index is 13.0. The molecule has 0 heterocycles. The minimum absolute atomic E-state index is 0.0841. The third kappa shape index (κ3) is 8.52. The lowest BCUT2D eigenvalue weighted by Crippen LogP contribution is -2.46. The van der Waals surface area contributed by atoms with Gasteiger partial charge in [-0.1, -0.05) is 60.7 Å². The molecular weight excluding hydrogens is 418 g/mol.